The lowest BCUT2D eigenvalue weighted by Gasteiger charge is -2.08. The SMILES string of the molecule is CCc1cc(O)ccc1OC(=O)CC[C@@H]1CO1. The van der Waals surface area contributed by atoms with Crippen molar-refractivity contribution in [2.24, 2.45) is 0 Å². The molecule has 1 aromatic carbocycles. The molecular formula is C13H16O4. The molecular weight excluding hydrogens is 220 g/mol. The number of phenols is 1. The Morgan fingerprint density at radius 2 is 2.35 bits per heavy atom. The second-order valence-corrected chi connectivity index (χ2v) is 4.11. The Morgan fingerprint density at radius 3 is 3.00 bits per heavy atom. The Bertz CT molecular complexity index is 410. The highest BCUT2D eigenvalue weighted by Gasteiger charge is 2.23. The topological polar surface area (TPSA) is 59.1 Å². The fourth-order valence-electron chi connectivity index (χ4n) is 1.63. The van der Waals surface area contributed by atoms with Crippen LogP contribution in [0.15, 0.2) is 18.2 Å². The number of carbonyl (C=O) groups excluding carboxylic acids is 1. The smallest absolute Gasteiger partial charge is 0.311 e. The highest BCUT2D eigenvalue weighted by molar-refractivity contribution is 5.73. The number of phenolic OH excluding ortho intramolecular Hbond substituents is 1. The number of carbonyl (C=O) groups is 1. The van der Waals surface area contributed by atoms with Crippen LogP contribution in [0.4, 0.5) is 0 Å². The molecule has 17 heavy (non-hydrogen) atoms. The molecule has 0 saturated carbocycles. The van der Waals surface area contributed by atoms with Gasteiger partial charge in [0.15, 0.2) is 0 Å². The predicted molar refractivity (Wildman–Crippen MR) is 62.1 cm³/mol. The van der Waals surface area contributed by atoms with Crippen LogP contribution in [-0.2, 0) is 16.0 Å². The van der Waals surface area contributed by atoms with E-state index in [0.717, 1.165) is 18.6 Å². The minimum atomic E-state index is -0.249. The Labute approximate surface area is 100 Å². The van der Waals surface area contributed by atoms with Gasteiger partial charge < -0.3 is 14.6 Å². The van der Waals surface area contributed by atoms with Crippen molar-refractivity contribution >= 4 is 5.97 Å². The third-order valence-corrected chi connectivity index (χ3v) is 2.72. The standard InChI is InChI=1S/C13H16O4/c1-2-9-7-10(14)3-5-12(9)17-13(15)6-4-11-8-16-11/h3,5,7,11,14H,2,4,6,8H2,1H3/t11-/m1/s1. The van der Waals surface area contributed by atoms with E-state index in [1.54, 1.807) is 12.1 Å². The van der Waals surface area contributed by atoms with Crippen LogP contribution in [0.3, 0.4) is 0 Å². The maximum atomic E-state index is 11.6. The summed E-state index contributed by atoms with van der Waals surface area (Å²) in [4.78, 5) is 11.6. The average molecular weight is 236 g/mol. The molecule has 1 atom stereocenters. The van der Waals surface area contributed by atoms with E-state index in [4.69, 9.17) is 9.47 Å². The van der Waals surface area contributed by atoms with Crippen molar-refractivity contribution in [3.8, 4) is 11.5 Å². The van der Waals surface area contributed by atoms with E-state index >= 15 is 0 Å². The third kappa shape index (κ3) is 3.46. The molecule has 4 heteroatoms. The van der Waals surface area contributed by atoms with Crippen molar-refractivity contribution in [3.63, 3.8) is 0 Å². The molecule has 2 rings (SSSR count). The first-order valence-corrected chi connectivity index (χ1v) is 5.83. The van der Waals surface area contributed by atoms with Gasteiger partial charge >= 0.3 is 5.97 Å². The summed E-state index contributed by atoms with van der Waals surface area (Å²) in [7, 11) is 0. The molecule has 1 aliphatic rings. The molecule has 0 radical (unpaired) electrons. The molecule has 1 saturated heterocycles. The van der Waals surface area contributed by atoms with Crippen molar-refractivity contribution in [1.29, 1.82) is 0 Å². The van der Waals surface area contributed by atoms with Crippen LogP contribution in [0.2, 0.25) is 0 Å². The molecule has 0 unspecified atom stereocenters. The molecule has 1 heterocycles. The summed E-state index contributed by atoms with van der Waals surface area (Å²) in [6, 6.07) is 4.76. The van der Waals surface area contributed by atoms with E-state index in [1.807, 2.05) is 6.92 Å². The van der Waals surface area contributed by atoms with E-state index in [-0.39, 0.29) is 17.8 Å². The number of epoxide rings is 1. The van der Waals surface area contributed by atoms with Gasteiger partial charge in [-0.3, -0.25) is 4.79 Å². The van der Waals surface area contributed by atoms with Gasteiger partial charge in [-0.1, -0.05) is 6.92 Å². The largest absolute Gasteiger partial charge is 0.508 e. The zero-order valence-corrected chi connectivity index (χ0v) is 9.81. The highest BCUT2D eigenvalue weighted by Crippen LogP contribution is 2.25. The molecule has 0 amide bonds. The summed E-state index contributed by atoms with van der Waals surface area (Å²) in [6.07, 6.45) is 2.04. The summed E-state index contributed by atoms with van der Waals surface area (Å²) >= 11 is 0. The third-order valence-electron chi connectivity index (χ3n) is 2.72. The first kappa shape index (κ1) is 11.9. The first-order chi connectivity index (χ1) is 8.19. The molecule has 92 valence electrons. The van der Waals surface area contributed by atoms with Gasteiger partial charge in [-0.2, -0.15) is 0 Å². The van der Waals surface area contributed by atoms with E-state index in [1.165, 1.54) is 6.07 Å². The number of esters is 1. The molecule has 1 aliphatic heterocycles. The lowest BCUT2D eigenvalue weighted by Crippen LogP contribution is -2.10. The number of hydrogen-bond acceptors (Lipinski definition) is 4. The number of rotatable bonds is 5. The van der Waals surface area contributed by atoms with Gasteiger partial charge in [0.2, 0.25) is 0 Å². The van der Waals surface area contributed by atoms with Crippen LogP contribution in [0.5, 0.6) is 11.5 Å². The number of ether oxygens (including phenoxy) is 2. The monoisotopic (exact) mass is 236 g/mol. The first-order valence-electron chi connectivity index (χ1n) is 5.83. The fourth-order valence-corrected chi connectivity index (χ4v) is 1.63. The molecule has 1 aromatic rings. The van der Waals surface area contributed by atoms with Crippen LogP contribution in [0.1, 0.15) is 25.3 Å². The van der Waals surface area contributed by atoms with Crippen molar-refractivity contribution in [3.05, 3.63) is 23.8 Å². The lowest BCUT2D eigenvalue weighted by atomic mass is 10.1. The van der Waals surface area contributed by atoms with E-state index < -0.39 is 0 Å². The molecule has 1 fully saturated rings. The lowest BCUT2D eigenvalue weighted by molar-refractivity contribution is -0.134. The summed E-state index contributed by atoms with van der Waals surface area (Å²) in [5, 5.41) is 9.33. The maximum Gasteiger partial charge on any atom is 0.311 e. The number of aryl methyl sites for hydroxylation is 1. The van der Waals surface area contributed by atoms with Crippen molar-refractivity contribution in [1.82, 2.24) is 0 Å². The Balaban J connectivity index is 1.93. The quantitative estimate of drug-likeness (QED) is 0.483. The minimum absolute atomic E-state index is 0.188. The molecule has 0 spiro atoms. The van der Waals surface area contributed by atoms with Gasteiger partial charge in [0.1, 0.15) is 11.5 Å². The summed E-state index contributed by atoms with van der Waals surface area (Å²) < 4.78 is 10.3. The number of hydrogen-bond donors (Lipinski definition) is 1. The van der Waals surface area contributed by atoms with Gasteiger partial charge in [0, 0.05) is 6.42 Å². The maximum absolute atomic E-state index is 11.6. The van der Waals surface area contributed by atoms with E-state index in [2.05, 4.69) is 0 Å². The molecule has 0 bridgehead atoms. The Kier molecular flexibility index (Phi) is 3.64. The molecule has 4 nitrogen and oxygen atoms in total. The number of aromatic hydroxyl groups is 1. The van der Waals surface area contributed by atoms with Crippen LogP contribution in [-0.4, -0.2) is 23.8 Å². The molecule has 1 N–H and O–H groups in total. The van der Waals surface area contributed by atoms with Gasteiger partial charge in [0.05, 0.1) is 12.7 Å². The van der Waals surface area contributed by atoms with Crippen molar-refractivity contribution in [2.45, 2.75) is 32.3 Å². The van der Waals surface area contributed by atoms with Crippen molar-refractivity contribution in [2.75, 3.05) is 6.61 Å². The predicted octanol–water partition coefficient (Wildman–Crippen LogP) is 2.04. The van der Waals surface area contributed by atoms with E-state index in [9.17, 15) is 9.90 Å². The zero-order chi connectivity index (χ0) is 12.3. The second-order valence-electron chi connectivity index (χ2n) is 4.11. The van der Waals surface area contributed by atoms with Gasteiger partial charge in [-0.25, -0.2) is 0 Å². The minimum Gasteiger partial charge on any atom is -0.508 e. The highest BCUT2D eigenvalue weighted by atomic mass is 16.6. The second kappa shape index (κ2) is 5.19. The number of benzene rings is 1. The molecule has 0 aromatic heterocycles. The van der Waals surface area contributed by atoms with Crippen LogP contribution in [0.25, 0.3) is 0 Å². The fraction of sp³-hybridized carbons (Fsp3) is 0.462. The summed E-state index contributed by atoms with van der Waals surface area (Å²) in [6.45, 7) is 2.71. The Hall–Kier alpha value is -1.55. The summed E-state index contributed by atoms with van der Waals surface area (Å²) in [5.74, 6) is 0.473. The zero-order valence-electron chi connectivity index (χ0n) is 9.81. The summed E-state index contributed by atoms with van der Waals surface area (Å²) in [5.41, 5.74) is 0.834. The van der Waals surface area contributed by atoms with Gasteiger partial charge in [-0.05, 0) is 36.6 Å². The van der Waals surface area contributed by atoms with E-state index in [0.29, 0.717) is 18.6 Å². The van der Waals surface area contributed by atoms with Crippen LogP contribution >= 0.6 is 0 Å². The normalized spacial score (nSPS) is 17.8. The van der Waals surface area contributed by atoms with Crippen LogP contribution < -0.4 is 4.74 Å². The van der Waals surface area contributed by atoms with Crippen molar-refractivity contribution < 1.29 is 19.4 Å². The average Bonchev–Trinajstić information content (AvgIpc) is 3.12. The van der Waals surface area contributed by atoms with Gasteiger partial charge in [0.25, 0.3) is 0 Å². The van der Waals surface area contributed by atoms with Crippen LogP contribution in [0, 0.1) is 0 Å². The van der Waals surface area contributed by atoms with Gasteiger partial charge in [-0.15, -0.1) is 0 Å². The Morgan fingerprint density at radius 1 is 1.59 bits per heavy atom. The molecule has 0 aliphatic carbocycles.